The van der Waals surface area contributed by atoms with Gasteiger partial charge in [-0.15, -0.1) is 6.58 Å². The summed E-state index contributed by atoms with van der Waals surface area (Å²) < 4.78 is 0. The molecule has 0 heterocycles. The number of aliphatic hydroxyl groups excluding tert-OH is 1. The molecule has 0 saturated heterocycles. The van der Waals surface area contributed by atoms with Gasteiger partial charge in [0.25, 0.3) is 0 Å². The van der Waals surface area contributed by atoms with Gasteiger partial charge in [-0.25, -0.2) is 0 Å². The molecule has 1 nitrogen and oxygen atoms in total. The first-order chi connectivity index (χ1) is 9.29. The summed E-state index contributed by atoms with van der Waals surface area (Å²) in [6, 6.07) is 0. The second-order valence-corrected chi connectivity index (χ2v) is 6.53. The first-order valence-electron chi connectivity index (χ1n) is 7.97. The Bertz CT molecular complexity index is 404. The zero-order valence-corrected chi connectivity index (χ0v) is 11.9. The highest BCUT2D eigenvalue weighted by Gasteiger charge is 2.38. The van der Waals surface area contributed by atoms with Gasteiger partial charge in [0.1, 0.15) is 0 Å². The lowest BCUT2D eigenvalue weighted by atomic mass is 9.61. The SMILES string of the molecule is C=C[C@@H](O)CC1CC2=C(CCCC2)C2CCC=CC12. The summed E-state index contributed by atoms with van der Waals surface area (Å²) in [5.41, 5.74) is 3.56. The van der Waals surface area contributed by atoms with Crippen LogP contribution in [-0.2, 0) is 0 Å². The molecule has 0 bridgehead atoms. The van der Waals surface area contributed by atoms with Crippen molar-refractivity contribution in [2.24, 2.45) is 17.8 Å². The fourth-order valence-electron chi connectivity index (χ4n) is 4.52. The number of hydrogen-bond donors (Lipinski definition) is 1. The molecule has 0 aromatic rings. The van der Waals surface area contributed by atoms with E-state index in [9.17, 15) is 5.11 Å². The Hall–Kier alpha value is -0.820. The minimum absolute atomic E-state index is 0.327. The molecular formula is C18H26O. The van der Waals surface area contributed by atoms with Crippen molar-refractivity contribution in [3.63, 3.8) is 0 Å². The first-order valence-corrected chi connectivity index (χ1v) is 7.97. The lowest BCUT2D eigenvalue weighted by Crippen LogP contribution is -2.33. The molecule has 0 aliphatic heterocycles. The van der Waals surface area contributed by atoms with Crippen LogP contribution in [-0.4, -0.2) is 11.2 Å². The molecule has 0 fully saturated rings. The molecule has 0 radical (unpaired) electrons. The average Bonchev–Trinajstić information content (AvgIpc) is 2.47. The molecule has 4 atom stereocenters. The number of allylic oxidation sites excluding steroid dienone is 4. The predicted molar refractivity (Wildman–Crippen MR) is 79.8 cm³/mol. The quantitative estimate of drug-likeness (QED) is 0.744. The molecule has 104 valence electrons. The smallest absolute Gasteiger partial charge is 0.0721 e. The lowest BCUT2D eigenvalue weighted by Gasteiger charge is -2.44. The summed E-state index contributed by atoms with van der Waals surface area (Å²) in [7, 11) is 0. The third-order valence-electron chi connectivity index (χ3n) is 5.41. The van der Waals surface area contributed by atoms with Crippen LogP contribution in [0.4, 0.5) is 0 Å². The van der Waals surface area contributed by atoms with Gasteiger partial charge in [-0.05, 0) is 69.1 Å². The largest absolute Gasteiger partial charge is 0.389 e. The Morgan fingerprint density at radius 1 is 1.37 bits per heavy atom. The molecule has 3 aliphatic rings. The second kappa shape index (κ2) is 5.66. The van der Waals surface area contributed by atoms with Gasteiger partial charge in [0.2, 0.25) is 0 Å². The fourth-order valence-corrected chi connectivity index (χ4v) is 4.52. The summed E-state index contributed by atoms with van der Waals surface area (Å²) in [4.78, 5) is 0. The zero-order valence-electron chi connectivity index (χ0n) is 11.9. The maximum atomic E-state index is 9.94. The fraction of sp³-hybridized carbons (Fsp3) is 0.667. The molecule has 0 saturated carbocycles. The topological polar surface area (TPSA) is 20.2 Å². The summed E-state index contributed by atoms with van der Waals surface area (Å²) >= 11 is 0. The van der Waals surface area contributed by atoms with Crippen LogP contribution in [0.15, 0.2) is 36.0 Å². The van der Waals surface area contributed by atoms with Gasteiger partial charge in [-0.2, -0.15) is 0 Å². The summed E-state index contributed by atoms with van der Waals surface area (Å²) in [6.45, 7) is 3.73. The highest BCUT2D eigenvalue weighted by atomic mass is 16.3. The minimum Gasteiger partial charge on any atom is -0.389 e. The van der Waals surface area contributed by atoms with Crippen molar-refractivity contribution in [1.29, 1.82) is 0 Å². The standard InChI is InChI=1S/C18H26O/c1-2-15(19)12-14-11-13-7-3-4-8-16(13)18-10-6-5-9-17(14)18/h2,5,9,14-15,17-19H,1,3-4,6-8,10-12H2/t14?,15-,17?,18?/m1/s1. The molecule has 19 heavy (non-hydrogen) atoms. The van der Waals surface area contributed by atoms with E-state index < -0.39 is 0 Å². The molecule has 3 unspecified atom stereocenters. The van der Waals surface area contributed by atoms with Crippen molar-refractivity contribution >= 4 is 0 Å². The van der Waals surface area contributed by atoms with Gasteiger partial charge in [0.05, 0.1) is 6.10 Å². The molecule has 3 rings (SSSR count). The molecule has 0 spiro atoms. The van der Waals surface area contributed by atoms with Gasteiger partial charge >= 0.3 is 0 Å². The van der Waals surface area contributed by atoms with Crippen LogP contribution < -0.4 is 0 Å². The van der Waals surface area contributed by atoms with Crippen LogP contribution >= 0.6 is 0 Å². The Morgan fingerprint density at radius 2 is 2.21 bits per heavy atom. The van der Waals surface area contributed by atoms with Gasteiger partial charge in [-0.3, -0.25) is 0 Å². The Morgan fingerprint density at radius 3 is 3.05 bits per heavy atom. The van der Waals surface area contributed by atoms with E-state index in [4.69, 9.17) is 0 Å². The summed E-state index contributed by atoms with van der Waals surface area (Å²) in [5.74, 6) is 2.10. The maximum Gasteiger partial charge on any atom is 0.0721 e. The van der Waals surface area contributed by atoms with Crippen LogP contribution in [0.3, 0.4) is 0 Å². The van der Waals surface area contributed by atoms with E-state index in [1.54, 1.807) is 11.6 Å². The van der Waals surface area contributed by atoms with Crippen molar-refractivity contribution in [2.45, 2.75) is 57.5 Å². The van der Waals surface area contributed by atoms with E-state index in [1.807, 2.05) is 5.57 Å². The van der Waals surface area contributed by atoms with Crippen LogP contribution in [0.2, 0.25) is 0 Å². The van der Waals surface area contributed by atoms with Crippen LogP contribution in [0.1, 0.15) is 51.4 Å². The number of aliphatic hydroxyl groups is 1. The van der Waals surface area contributed by atoms with Gasteiger partial charge in [-0.1, -0.05) is 29.4 Å². The number of rotatable bonds is 3. The van der Waals surface area contributed by atoms with E-state index in [2.05, 4.69) is 18.7 Å². The van der Waals surface area contributed by atoms with Crippen LogP contribution in [0.5, 0.6) is 0 Å². The Kier molecular flexibility index (Phi) is 3.93. The first kappa shape index (κ1) is 13.2. The summed E-state index contributed by atoms with van der Waals surface area (Å²) in [6.07, 6.45) is 16.3. The van der Waals surface area contributed by atoms with Crippen molar-refractivity contribution in [2.75, 3.05) is 0 Å². The van der Waals surface area contributed by atoms with Crippen molar-refractivity contribution in [3.8, 4) is 0 Å². The average molecular weight is 258 g/mol. The lowest BCUT2D eigenvalue weighted by molar-refractivity contribution is 0.145. The Balaban J connectivity index is 1.86. The van der Waals surface area contributed by atoms with E-state index in [0.29, 0.717) is 11.8 Å². The maximum absolute atomic E-state index is 9.94. The van der Waals surface area contributed by atoms with E-state index in [0.717, 1.165) is 12.3 Å². The number of fused-ring (bicyclic) bond motifs is 2. The van der Waals surface area contributed by atoms with Gasteiger partial charge in [0, 0.05) is 0 Å². The highest BCUT2D eigenvalue weighted by molar-refractivity contribution is 5.28. The molecule has 3 aliphatic carbocycles. The van der Waals surface area contributed by atoms with Gasteiger partial charge < -0.3 is 5.11 Å². The summed E-state index contributed by atoms with van der Waals surface area (Å²) in [5, 5.41) is 9.94. The molecule has 0 aromatic heterocycles. The van der Waals surface area contributed by atoms with E-state index in [-0.39, 0.29) is 6.10 Å². The number of hydrogen-bond acceptors (Lipinski definition) is 1. The minimum atomic E-state index is -0.327. The van der Waals surface area contributed by atoms with Crippen LogP contribution in [0.25, 0.3) is 0 Å². The molecular weight excluding hydrogens is 232 g/mol. The van der Waals surface area contributed by atoms with Crippen LogP contribution in [0, 0.1) is 17.8 Å². The van der Waals surface area contributed by atoms with Gasteiger partial charge in [0.15, 0.2) is 0 Å². The highest BCUT2D eigenvalue weighted by Crippen LogP contribution is 2.49. The Labute approximate surface area is 117 Å². The van der Waals surface area contributed by atoms with Crippen molar-refractivity contribution in [1.82, 2.24) is 0 Å². The molecule has 1 N–H and O–H groups in total. The van der Waals surface area contributed by atoms with E-state index in [1.165, 1.54) is 44.9 Å². The predicted octanol–water partition coefficient (Wildman–Crippen LogP) is 4.40. The normalized spacial score (nSPS) is 35.5. The van der Waals surface area contributed by atoms with E-state index >= 15 is 0 Å². The third-order valence-corrected chi connectivity index (χ3v) is 5.41. The molecule has 0 aromatic carbocycles. The second-order valence-electron chi connectivity index (χ2n) is 6.53. The third kappa shape index (κ3) is 2.58. The molecule has 1 heteroatoms. The van der Waals surface area contributed by atoms with Crippen molar-refractivity contribution in [3.05, 3.63) is 36.0 Å². The molecule has 0 amide bonds. The van der Waals surface area contributed by atoms with Crippen molar-refractivity contribution < 1.29 is 5.11 Å². The monoisotopic (exact) mass is 258 g/mol. The zero-order chi connectivity index (χ0) is 13.2.